The van der Waals surface area contributed by atoms with Gasteiger partial charge in [0.25, 0.3) is 0 Å². The quantitative estimate of drug-likeness (QED) is 0.422. The summed E-state index contributed by atoms with van der Waals surface area (Å²) >= 11 is 0. The standard InChI is InChI=1S/C17H30O/c1-3-5-6-7-8-9-14-18-15-17-12-10-16(4-2)11-13-17/h1,16-17H,4-15H2,2H3. The van der Waals surface area contributed by atoms with Gasteiger partial charge >= 0.3 is 0 Å². The van der Waals surface area contributed by atoms with Crippen molar-refractivity contribution in [2.45, 2.75) is 71.1 Å². The van der Waals surface area contributed by atoms with Crippen LogP contribution in [0.5, 0.6) is 0 Å². The van der Waals surface area contributed by atoms with E-state index >= 15 is 0 Å². The molecule has 1 fully saturated rings. The molecule has 0 aromatic rings. The highest BCUT2D eigenvalue weighted by Gasteiger charge is 2.19. The van der Waals surface area contributed by atoms with Gasteiger partial charge in [0.1, 0.15) is 0 Å². The van der Waals surface area contributed by atoms with Crippen LogP contribution in [0.25, 0.3) is 0 Å². The fraction of sp³-hybridized carbons (Fsp3) is 0.882. The minimum Gasteiger partial charge on any atom is -0.381 e. The van der Waals surface area contributed by atoms with Crippen LogP contribution in [0.4, 0.5) is 0 Å². The minimum atomic E-state index is 0.842. The second-order valence-electron chi connectivity index (χ2n) is 5.74. The summed E-state index contributed by atoms with van der Waals surface area (Å²) < 4.78 is 5.81. The largest absolute Gasteiger partial charge is 0.381 e. The lowest BCUT2D eigenvalue weighted by Gasteiger charge is -2.27. The highest BCUT2D eigenvalue weighted by Crippen LogP contribution is 2.30. The Hall–Kier alpha value is -0.480. The summed E-state index contributed by atoms with van der Waals surface area (Å²) in [6.07, 6.45) is 18.1. The number of ether oxygens (including phenoxy) is 1. The maximum atomic E-state index is 5.81. The zero-order chi connectivity index (χ0) is 13.1. The van der Waals surface area contributed by atoms with Crippen LogP contribution in [-0.2, 0) is 4.74 Å². The normalized spacial score (nSPS) is 23.8. The number of hydrogen-bond donors (Lipinski definition) is 0. The van der Waals surface area contributed by atoms with Crippen LogP contribution in [0.15, 0.2) is 0 Å². The third-order valence-corrected chi connectivity index (χ3v) is 4.26. The van der Waals surface area contributed by atoms with E-state index in [9.17, 15) is 0 Å². The van der Waals surface area contributed by atoms with Crippen molar-refractivity contribution in [3.8, 4) is 12.3 Å². The summed E-state index contributed by atoms with van der Waals surface area (Å²) in [6, 6.07) is 0. The van der Waals surface area contributed by atoms with Crippen molar-refractivity contribution in [1.29, 1.82) is 0 Å². The second-order valence-corrected chi connectivity index (χ2v) is 5.74. The molecule has 0 aromatic heterocycles. The van der Waals surface area contributed by atoms with Gasteiger partial charge in [0, 0.05) is 19.6 Å². The van der Waals surface area contributed by atoms with Crippen LogP contribution in [0.1, 0.15) is 71.1 Å². The molecule has 0 bridgehead atoms. The summed E-state index contributed by atoms with van der Waals surface area (Å²) in [5.41, 5.74) is 0. The van der Waals surface area contributed by atoms with Gasteiger partial charge in [0.2, 0.25) is 0 Å². The van der Waals surface area contributed by atoms with Crippen LogP contribution in [0, 0.1) is 24.2 Å². The fourth-order valence-corrected chi connectivity index (χ4v) is 2.84. The van der Waals surface area contributed by atoms with Crippen molar-refractivity contribution in [2.75, 3.05) is 13.2 Å². The smallest absolute Gasteiger partial charge is 0.0494 e. The van der Waals surface area contributed by atoms with Gasteiger partial charge in [-0.05, 0) is 37.5 Å². The molecule has 0 aromatic carbocycles. The van der Waals surface area contributed by atoms with E-state index in [1.165, 1.54) is 57.8 Å². The van der Waals surface area contributed by atoms with E-state index in [0.717, 1.165) is 31.5 Å². The topological polar surface area (TPSA) is 9.23 Å². The molecule has 18 heavy (non-hydrogen) atoms. The number of unbranched alkanes of at least 4 members (excludes halogenated alkanes) is 4. The van der Waals surface area contributed by atoms with Crippen LogP contribution in [-0.4, -0.2) is 13.2 Å². The third-order valence-electron chi connectivity index (χ3n) is 4.26. The van der Waals surface area contributed by atoms with Crippen molar-refractivity contribution in [3.05, 3.63) is 0 Å². The van der Waals surface area contributed by atoms with E-state index < -0.39 is 0 Å². The number of hydrogen-bond acceptors (Lipinski definition) is 1. The van der Waals surface area contributed by atoms with Gasteiger partial charge in [0.15, 0.2) is 0 Å². The zero-order valence-corrected chi connectivity index (χ0v) is 12.1. The van der Waals surface area contributed by atoms with Gasteiger partial charge in [-0.25, -0.2) is 0 Å². The summed E-state index contributed by atoms with van der Waals surface area (Å²) in [5, 5.41) is 0. The average molecular weight is 250 g/mol. The predicted molar refractivity (Wildman–Crippen MR) is 78.5 cm³/mol. The van der Waals surface area contributed by atoms with E-state index in [4.69, 9.17) is 11.2 Å². The molecule has 0 saturated heterocycles. The van der Waals surface area contributed by atoms with Crippen molar-refractivity contribution in [2.24, 2.45) is 11.8 Å². The van der Waals surface area contributed by atoms with Crippen LogP contribution >= 0.6 is 0 Å². The number of terminal acetylenes is 1. The Morgan fingerprint density at radius 2 is 1.67 bits per heavy atom. The molecule has 0 aliphatic heterocycles. The van der Waals surface area contributed by atoms with Gasteiger partial charge in [-0.3, -0.25) is 0 Å². The first-order valence-electron chi connectivity index (χ1n) is 7.88. The van der Waals surface area contributed by atoms with Crippen LogP contribution in [0.2, 0.25) is 0 Å². The first-order valence-corrected chi connectivity index (χ1v) is 7.88. The summed E-state index contributed by atoms with van der Waals surface area (Å²) in [6.45, 7) is 4.27. The molecule has 1 nitrogen and oxygen atoms in total. The van der Waals surface area contributed by atoms with E-state index in [1.54, 1.807) is 0 Å². The van der Waals surface area contributed by atoms with Crippen molar-refractivity contribution >= 4 is 0 Å². The molecule has 1 aliphatic carbocycles. The van der Waals surface area contributed by atoms with Crippen LogP contribution < -0.4 is 0 Å². The Labute approximate surface area is 114 Å². The van der Waals surface area contributed by atoms with Gasteiger partial charge in [-0.1, -0.05) is 39.0 Å². The Morgan fingerprint density at radius 3 is 2.33 bits per heavy atom. The van der Waals surface area contributed by atoms with Crippen molar-refractivity contribution in [1.82, 2.24) is 0 Å². The Bertz CT molecular complexity index is 220. The molecule has 1 aliphatic rings. The Morgan fingerprint density at radius 1 is 1.00 bits per heavy atom. The van der Waals surface area contributed by atoms with E-state index in [-0.39, 0.29) is 0 Å². The lowest BCUT2D eigenvalue weighted by atomic mass is 9.81. The highest BCUT2D eigenvalue weighted by atomic mass is 16.5. The molecular formula is C17H30O. The SMILES string of the molecule is C#CCCCCCCOCC1CCC(CC)CC1. The maximum absolute atomic E-state index is 5.81. The fourth-order valence-electron chi connectivity index (χ4n) is 2.84. The second kappa shape index (κ2) is 10.4. The van der Waals surface area contributed by atoms with Gasteiger partial charge in [-0.2, -0.15) is 0 Å². The zero-order valence-electron chi connectivity index (χ0n) is 12.1. The Balaban J connectivity index is 1.85. The predicted octanol–water partition coefficient (Wildman–Crippen LogP) is 4.80. The summed E-state index contributed by atoms with van der Waals surface area (Å²) in [5.74, 6) is 4.53. The third kappa shape index (κ3) is 7.07. The van der Waals surface area contributed by atoms with E-state index in [2.05, 4.69) is 12.8 Å². The molecule has 0 atom stereocenters. The van der Waals surface area contributed by atoms with E-state index in [0.29, 0.717) is 0 Å². The van der Waals surface area contributed by atoms with Crippen molar-refractivity contribution < 1.29 is 4.74 Å². The molecule has 0 N–H and O–H groups in total. The monoisotopic (exact) mass is 250 g/mol. The molecule has 1 saturated carbocycles. The first-order chi connectivity index (χ1) is 8.86. The molecule has 0 amide bonds. The molecule has 1 rings (SSSR count). The molecule has 104 valence electrons. The lowest BCUT2D eigenvalue weighted by Crippen LogP contribution is -2.18. The molecule has 0 radical (unpaired) electrons. The average Bonchev–Trinajstić information content (AvgIpc) is 2.42. The van der Waals surface area contributed by atoms with Gasteiger partial charge < -0.3 is 4.74 Å². The molecule has 0 unspecified atom stereocenters. The minimum absolute atomic E-state index is 0.842. The molecule has 0 spiro atoms. The van der Waals surface area contributed by atoms with Crippen molar-refractivity contribution in [3.63, 3.8) is 0 Å². The molecule has 0 heterocycles. The lowest BCUT2D eigenvalue weighted by molar-refractivity contribution is 0.0749. The molecular weight excluding hydrogens is 220 g/mol. The Kier molecular flexibility index (Phi) is 9.04. The first kappa shape index (κ1) is 15.6. The van der Waals surface area contributed by atoms with Gasteiger partial charge in [-0.15, -0.1) is 12.3 Å². The maximum Gasteiger partial charge on any atom is 0.0494 e. The summed E-state index contributed by atoms with van der Waals surface area (Å²) in [4.78, 5) is 0. The van der Waals surface area contributed by atoms with Crippen LogP contribution in [0.3, 0.4) is 0 Å². The van der Waals surface area contributed by atoms with E-state index in [1.807, 2.05) is 0 Å². The highest BCUT2D eigenvalue weighted by molar-refractivity contribution is 4.82. The summed E-state index contributed by atoms with van der Waals surface area (Å²) in [7, 11) is 0. The van der Waals surface area contributed by atoms with Gasteiger partial charge in [0.05, 0.1) is 0 Å². The molecule has 1 heteroatoms. The number of rotatable bonds is 9.